The molecule has 1 fully saturated rings. The van der Waals surface area contributed by atoms with Gasteiger partial charge >= 0.3 is 0 Å². The predicted octanol–water partition coefficient (Wildman–Crippen LogP) is 4.13. The lowest BCUT2D eigenvalue weighted by atomic mass is 10.1. The molecule has 0 saturated carbocycles. The van der Waals surface area contributed by atoms with Crippen molar-refractivity contribution in [2.75, 3.05) is 45.3 Å². The molecule has 170 valence electrons. The average molecular weight is 498 g/mol. The number of piperazine rings is 1. The quantitative estimate of drug-likeness (QED) is 0.510. The molecule has 0 spiro atoms. The molecule has 32 heavy (non-hydrogen) atoms. The number of methoxy groups -OCH3 is 2. The van der Waals surface area contributed by atoms with Crippen molar-refractivity contribution in [1.29, 1.82) is 0 Å². The fourth-order valence-corrected chi connectivity index (χ4v) is 6.29. The van der Waals surface area contributed by atoms with E-state index in [9.17, 15) is 12.8 Å². The Labute approximate surface area is 195 Å². The molecule has 0 bridgehead atoms. The van der Waals surface area contributed by atoms with Crippen LogP contribution in [0.3, 0.4) is 0 Å². The Bertz CT molecular complexity index is 1230. The maximum atomic E-state index is 13.3. The van der Waals surface area contributed by atoms with Gasteiger partial charge in [0.25, 0.3) is 0 Å². The van der Waals surface area contributed by atoms with Crippen LogP contribution in [0.25, 0.3) is 11.3 Å². The minimum absolute atomic E-state index is 0.0860. The normalized spacial score (nSPS) is 15.1. The Morgan fingerprint density at radius 2 is 1.81 bits per heavy atom. The third kappa shape index (κ3) is 4.40. The Hall–Kier alpha value is -2.40. The second-order valence-electron chi connectivity index (χ2n) is 7.05. The van der Waals surface area contributed by atoms with Crippen LogP contribution in [0.15, 0.2) is 46.7 Å². The summed E-state index contributed by atoms with van der Waals surface area (Å²) in [6, 6.07) is 8.86. The van der Waals surface area contributed by atoms with Crippen molar-refractivity contribution in [2.45, 2.75) is 4.90 Å². The summed E-state index contributed by atoms with van der Waals surface area (Å²) < 4.78 is 51.3. The molecule has 1 aromatic heterocycles. The number of thiazole rings is 1. The number of sulfonamides is 1. The summed E-state index contributed by atoms with van der Waals surface area (Å²) in [5, 5.41) is 2.63. The number of hydrogen-bond donors (Lipinski definition) is 0. The number of halogens is 2. The van der Waals surface area contributed by atoms with Crippen LogP contribution in [0.4, 0.5) is 9.52 Å². The van der Waals surface area contributed by atoms with Crippen molar-refractivity contribution in [3.63, 3.8) is 0 Å². The molecule has 4 rings (SSSR count). The summed E-state index contributed by atoms with van der Waals surface area (Å²) in [7, 11) is -0.614. The van der Waals surface area contributed by atoms with Gasteiger partial charge in [-0.1, -0.05) is 11.6 Å². The molecular weight excluding hydrogens is 477 g/mol. The van der Waals surface area contributed by atoms with Gasteiger partial charge in [-0.15, -0.1) is 11.3 Å². The minimum Gasteiger partial charge on any atom is -0.497 e. The van der Waals surface area contributed by atoms with E-state index in [2.05, 4.69) is 0 Å². The molecule has 0 atom stereocenters. The number of anilines is 1. The van der Waals surface area contributed by atoms with E-state index in [1.165, 1.54) is 21.7 Å². The second-order valence-corrected chi connectivity index (χ2v) is 10.2. The molecule has 0 aliphatic carbocycles. The molecule has 1 aliphatic rings. The molecule has 0 amide bonds. The van der Waals surface area contributed by atoms with E-state index in [0.29, 0.717) is 24.6 Å². The zero-order valence-corrected chi connectivity index (χ0v) is 19.8. The lowest BCUT2D eigenvalue weighted by molar-refractivity contribution is 0.384. The van der Waals surface area contributed by atoms with Crippen LogP contribution in [-0.2, 0) is 10.0 Å². The van der Waals surface area contributed by atoms with Gasteiger partial charge in [0.2, 0.25) is 10.0 Å². The Balaban J connectivity index is 1.48. The molecule has 0 N–H and O–H groups in total. The SMILES string of the molecule is COc1ccc(-c2csc(N3CCN(S(=O)(=O)c4ccc(F)cc4Cl)CC3)n2)c(OC)c1. The molecule has 1 aliphatic heterocycles. The first kappa shape index (κ1) is 22.8. The van der Waals surface area contributed by atoms with Gasteiger partial charge in [0, 0.05) is 43.2 Å². The minimum atomic E-state index is -3.81. The largest absolute Gasteiger partial charge is 0.497 e. The highest BCUT2D eigenvalue weighted by Gasteiger charge is 2.31. The van der Waals surface area contributed by atoms with Gasteiger partial charge in [-0.25, -0.2) is 17.8 Å². The van der Waals surface area contributed by atoms with Gasteiger partial charge in [0.15, 0.2) is 5.13 Å². The molecule has 1 saturated heterocycles. The molecular formula is C21H21ClFN3O4S2. The van der Waals surface area contributed by atoms with E-state index in [1.54, 1.807) is 20.3 Å². The topological polar surface area (TPSA) is 72.0 Å². The Kier molecular flexibility index (Phi) is 6.57. The van der Waals surface area contributed by atoms with Crippen LogP contribution in [0.1, 0.15) is 0 Å². The van der Waals surface area contributed by atoms with Gasteiger partial charge < -0.3 is 14.4 Å². The van der Waals surface area contributed by atoms with Crippen molar-refractivity contribution >= 4 is 38.1 Å². The third-order valence-corrected chi connectivity index (χ3v) is 8.48. The third-order valence-electron chi connectivity index (χ3n) is 5.20. The molecule has 11 heteroatoms. The Morgan fingerprint density at radius 3 is 2.47 bits per heavy atom. The van der Waals surface area contributed by atoms with E-state index < -0.39 is 15.8 Å². The number of nitrogens with zero attached hydrogens (tertiary/aromatic N) is 3. The maximum absolute atomic E-state index is 13.3. The van der Waals surface area contributed by atoms with Crippen molar-refractivity contribution in [1.82, 2.24) is 9.29 Å². The summed E-state index contributed by atoms with van der Waals surface area (Å²) in [6.45, 7) is 1.50. The molecule has 0 unspecified atom stereocenters. The van der Waals surface area contributed by atoms with Gasteiger partial charge in [0.1, 0.15) is 22.2 Å². The monoisotopic (exact) mass is 497 g/mol. The van der Waals surface area contributed by atoms with Crippen LogP contribution in [0, 0.1) is 5.82 Å². The first-order chi connectivity index (χ1) is 15.3. The zero-order valence-electron chi connectivity index (χ0n) is 17.4. The first-order valence-corrected chi connectivity index (χ1v) is 12.4. The van der Waals surface area contributed by atoms with Crippen molar-refractivity contribution in [3.05, 3.63) is 52.6 Å². The fourth-order valence-electron chi connectivity index (χ4n) is 3.49. The summed E-state index contributed by atoms with van der Waals surface area (Å²) in [4.78, 5) is 6.69. The highest BCUT2D eigenvalue weighted by Crippen LogP contribution is 2.36. The first-order valence-electron chi connectivity index (χ1n) is 9.71. The summed E-state index contributed by atoms with van der Waals surface area (Å²) >= 11 is 7.47. The predicted molar refractivity (Wildman–Crippen MR) is 123 cm³/mol. The number of rotatable bonds is 6. The van der Waals surface area contributed by atoms with Crippen molar-refractivity contribution < 1.29 is 22.3 Å². The van der Waals surface area contributed by atoms with Crippen LogP contribution in [-0.4, -0.2) is 58.1 Å². The molecule has 2 heterocycles. The van der Waals surface area contributed by atoms with Crippen LogP contribution in [0.5, 0.6) is 11.5 Å². The smallest absolute Gasteiger partial charge is 0.244 e. The van der Waals surface area contributed by atoms with Crippen LogP contribution >= 0.6 is 22.9 Å². The van der Waals surface area contributed by atoms with E-state index >= 15 is 0 Å². The lowest BCUT2D eigenvalue weighted by Crippen LogP contribution is -2.48. The second kappa shape index (κ2) is 9.22. The summed E-state index contributed by atoms with van der Waals surface area (Å²) in [5.41, 5.74) is 1.63. The highest BCUT2D eigenvalue weighted by atomic mass is 35.5. The standard InChI is InChI=1S/C21H21ClFN3O4S2/c1-29-15-4-5-16(19(12-15)30-2)18-13-31-21(24-18)25-7-9-26(10-8-25)32(27,28)20-6-3-14(23)11-17(20)22/h3-6,11-13H,7-10H2,1-2H3. The average Bonchev–Trinajstić information content (AvgIpc) is 3.28. The summed E-state index contributed by atoms with van der Waals surface area (Å²) in [6.07, 6.45) is 0. The zero-order chi connectivity index (χ0) is 22.9. The fraction of sp³-hybridized carbons (Fsp3) is 0.286. The van der Waals surface area contributed by atoms with Gasteiger partial charge in [-0.05, 0) is 30.3 Å². The lowest BCUT2D eigenvalue weighted by Gasteiger charge is -2.33. The van der Waals surface area contributed by atoms with E-state index in [4.69, 9.17) is 26.1 Å². The summed E-state index contributed by atoms with van der Waals surface area (Å²) in [5.74, 6) is 0.778. The van der Waals surface area contributed by atoms with Gasteiger partial charge in [0.05, 0.1) is 24.9 Å². The van der Waals surface area contributed by atoms with Gasteiger partial charge in [-0.2, -0.15) is 4.31 Å². The van der Waals surface area contributed by atoms with E-state index in [1.807, 2.05) is 22.4 Å². The maximum Gasteiger partial charge on any atom is 0.244 e. The molecule has 3 aromatic rings. The molecule has 2 aromatic carbocycles. The van der Waals surface area contributed by atoms with Crippen LogP contribution in [0.2, 0.25) is 5.02 Å². The Morgan fingerprint density at radius 1 is 1.06 bits per heavy atom. The van der Waals surface area contributed by atoms with E-state index in [0.717, 1.165) is 28.5 Å². The van der Waals surface area contributed by atoms with Crippen LogP contribution < -0.4 is 14.4 Å². The molecule has 0 radical (unpaired) electrons. The number of hydrogen-bond acceptors (Lipinski definition) is 7. The van der Waals surface area contributed by atoms with Gasteiger partial charge in [-0.3, -0.25) is 0 Å². The number of benzene rings is 2. The highest BCUT2D eigenvalue weighted by molar-refractivity contribution is 7.89. The van der Waals surface area contributed by atoms with Crippen molar-refractivity contribution in [3.8, 4) is 22.8 Å². The number of aromatic nitrogens is 1. The van der Waals surface area contributed by atoms with E-state index in [-0.39, 0.29) is 23.0 Å². The number of ether oxygens (including phenoxy) is 2. The van der Waals surface area contributed by atoms with Crippen molar-refractivity contribution in [2.24, 2.45) is 0 Å². The molecule has 7 nitrogen and oxygen atoms in total.